The Balaban J connectivity index is 2.49. The van der Waals surface area contributed by atoms with Gasteiger partial charge in [0.05, 0.1) is 4.90 Å². The first kappa shape index (κ1) is 22.5. The van der Waals surface area contributed by atoms with Crippen LogP contribution in [0.1, 0.15) is 97.4 Å². The van der Waals surface area contributed by atoms with Gasteiger partial charge in [-0.15, -0.1) is 0 Å². The van der Waals surface area contributed by atoms with E-state index in [9.17, 15) is 22.6 Å². The fourth-order valence-electron chi connectivity index (χ4n) is 3.12. The first-order valence-electron chi connectivity index (χ1n) is 9.47. The number of carbonyl (C=O) groups is 2. The molecule has 0 aromatic heterocycles. The van der Waals surface area contributed by atoms with Gasteiger partial charge in [-0.1, -0.05) is 64.7 Å². The number of unbranched alkanes of at least 4 members (excludes halogenated alkanes) is 9. The summed E-state index contributed by atoms with van der Waals surface area (Å²) in [5, 5.41) is 0. The summed E-state index contributed by atoms with van der Waals surface area (Å²) in [6, 6.07) is 2.13. The monoisotopic (exact) mass is 381 g/mol. The fraction of sp³-hybridized carbons (Fsp3) is 0.600. The molecule has 0 saturated heterocycles. The van der Waals surface area contributed by atoms with Crippen LogP contribution in [-0.2, 0) is 16.5 Å². The Morgan fingerprint density at radius 3 is 1.62 bits per heavy atom. The second kappa shape index (κ2) is 12.0. The lowest BCUT2D eigenvalue weighted by atomic mass is 9.96. The molecule has 6 heteroatoms. The predicted octanol–water partition coefficient (Wildman–Crippen LogP) is 4.68. The van der Waals surface area contributed by atoms with E-state index in [1.165, 1.54) is 44.9 Å². The van der Waals surface area contributed by atoms with Gasteiger partial charge in [0, 0.05) is 11.1 Å². The molecule has 1 aromatic carbocycles. The van der Waals surface area contributed by atoms with Crippen molar-refractivity contribution < 1.29 is 22.6 Å². The van der Waals surface area contributed by atoms with Gasteiger partial charge in [-0.2, -0.15) is 0 Å². The maximum atomic E-state index is 11.2. The van der Waals surface area contributed by atoms with E-state index in [4.69, 9.17) is 0 Å². The summed E-state index contributed by atoms with van der Waals surface area (Å²) in [7, 11) is -4.70. The summed E-state index contributed by atoms with van der Waals surface area (Å²) in [6.45, 7) is 2.21. The van der Waals surface area contributed by atoms with Gasteiger partial charge >= 0.3 is 0 Å². The van der Waals surface area contributed by atoms with Gasteiger partial charge in [-0.3, -0.25) is 9.59 Å². The van der Waals surface area contributed by atoms with Crippen molar-refractivity contribution in [3.63, 3.8) is 0 Å². The summed E-state index contributed by atoms with van der Waals surface area (Å²) in [6.07, 6.45) is 13.3. The van der Waals surface area contributed by atoms with E-state index >= 15 is 0 Å². The maximum Gasteiger partial charge on any atom is 0.150 e. The smallest absolute Gasteiger partial charge is 0.150 e. The molecular weight excluding hydrogens is 352 g/mol. The average molecular weight is 382 g/mol. The predicted molar refractivity (Wildman–Crippen MR) is 101 cm³/mol. The summed E-state index contributed by atoms with van der Waals surface area (Å²) in [4.78, 5) is 22.0. The summed E-state index contributed by atoms with van der Waals surface area (Å²) in [5.41, 5.74) is 0.752. The number of benzene rings is 1. The molecule has 0 amide bonds. The normalized spacial score (nSPS) is 11.5. The van der Waals surface area contributed by atoms with Crippen molar-refractivity contribution in [1.82, 2.24) is 0 Å². The van der Waals surface area contributed by atoms with Crippen molar-refractivity contribution in [2.75, 3.05) is 0 Å². The van der Waals surface area contributed by atoms with Crippen LogP contribution in [0.25, 0.3) is 0 Å². The van der Waals surface area contributed by atoms with Crippen molar-refractivity contribution >= 4 is 22.7 Å². The van der Waals surface area contributed by atoms with Crippen LogP contribution in [0.4, 0.5) is 0 Å². The molecule has 0 aliphatic carbocycles. The van der Waals surface area contributed by atoms with Gasteiger partial charge in [0.25, 0.3) is 0 Å². The standard InChI is InChI=1S/C20H30O5S/c1-2-3-4-5-6-7-8-9-10-11-12-20-17(15-21)13-19(26(23,24)25)14-18(20)16-22/h13-16H,2-12H2,1H3,(H,23,24,25)/p-1. The SMILES string of the molecule is CCCCCCCCCCCCc1c(C=O)cc(S(=O)(=O)[O-])cc1C=O. The van der Waals surface area contributed by atoms with Crippen molar-refractivity contribution in [2.24, 2.45) is 0 Å². The fourth-order valence-corrected chi connectivity index (χ4v) is 3.66. The summed E-state index contributed by atoms with van der Waals surface area (Å²) < 4.78 is 33.4. The molecule has 0 radical (unpaired) electrons. The summed E-state index contributed by atoms with van der Waals surface area (Å²) >= 11 is 0. The van der Waals surface area contributed by atoms with Gasteiger partial charge in [0.15, 0.2) is 0 Å². The molecule has 0 atom stereocenters. The average Bonchev–Trinajstić information content (AvgIpc) is 2.61. The van der Waals surface area contributed by atoms with E-state index in [0.29, 0.717) is 24.6 Å². The highest BCUT2D eigenvalue weighted by atomic mass is 32.2. The van der Waals surface area contributed by atoms with Crippen LogP contribution in [0.3, 0.4) is 0 Å². The quantitative estimate of drug-likeness (QED) is 0.265. The second-order valence-electron chi connectivity index (χ2n) is 6.70. The molecule has 0 fully saturated rings. The van der Waals surface area contributed by atoms with E-state index in [0.717, 1.165) is 31.4 Å². The van der Waals surface area contributed by atoms with Crippen molar-refractivity contribution in [2.45, 2.75) is 82.4 Å². The van der Waals surface area contributed by atoms with Crippen molar-refractivity contribution in [3.8, 4) is 0 Å². The molecule has 1 rings (SSSR count). The highest BCUT2D eigenvalue weighted by Gasteiger charge is 2.13. The van der Waals surface area contributed by atoms with Crippen LogP contribution in [0.2, 0.25) is 0 Å². The topological polar surface area (TPSA) is 91.3 Å². The Morgan fingerprint density at radius 1 is 0.808 bits per heavy atom. The maximum absolute atomic E-state index is 11.2. The third kappa shape index (κ3) is 7.79. The zero-order valence-electron chi connectivity index (χ0n) is 15.5. The van der Waals surface area contributed by atoms with Gasteiger partial charge in [-0.25, -0.2) is 8.42 Å². The molecule has 5 nitrogen and oxygen atoms in total. The Hall–Kier alpha value is -1.53. The van der Waals surface area contributed by atoms with Crippen LogP contribution in [0, 0.1) is 0 Å². The van der Waals surface area contributed by atoms with Crippen LogP contribution in [0.5, 0.6) is 0 Å². The van der Waals surface area contributed by atoms with Crippen LogP contribution in [-0.4, -0.2) is 25.5 Å². The Labute approximate surface area is 156 Å². The Bertz CT molecular complexity index is 650. The molecule has 0 bridgehead atoms. The lowest BCUT2D eigenvalue weighted by Gasteiger charge is -2.13. The molecule has 0 saturated carbocycles. The third-order valence-corrected chi connectivity index (χ3v) is 5.43. The van der Waals surface area contributed by atoms with E-state index < -0.39 is 15.0 Å². The van der Waals surface area contributed by atoms with Gasteiger partial charge in [0.2, 0.25) is 0 Å². The zero-order chi connectivity index (χ0) is 19.4. The molecule has 0 unspecified atom stereocenters. The number of hydrogen-bond acceptors (Lipinski definition) is 5. The molecule has 0 spiro atoms. The molecule has 0 aliphatic rings. The molecule has 146 valence electrons. The van der Waals surface area contributed by atoms with Crippen LogP contribution in [0.15, 0.2) is 17.0 Å². The highest BCUT2D eigenvalue weighted by molar-refractivity contribution is 7.85. The van der Waals surface area contributed by atoms with E-state index in [-0.39, 0.29) is 11.1 Å². The molecule has 26 heavy (non-hydrogen) atoms. The lowest BCUT2D eigenvalue weighted by molar-refractivity contribution is 0.112. The second-order valence-corrected chi connectivity index (χ2v) is 8.08. The molecule has 0 heterocycles. The van der Waals surface area contributed by atoms with E-state index in [2.05, 4.69) is 6.92 Å². The first-order chi connectivity index (χ1) is 12.4. The largest absolute Gasteiger partial charge is 0.744 e. The highest BCUT2D eigenvalue weighted by Crippen LogP contribution is 2.21. The van der Waals surface area contributed by atoms with Crippen LogP contribution < -0.4 is 0 Å². The number of hydrogen-bond donors (Lipinski definition) is 0. The minimum absolute atomic E-state index is 0.111. The lowest BCUT2D eigenvalue weighted by Crippen LogP contribution is -2.06. The first-order valence-corrected chi connectivity index (χ1v) is 10.9. The number of aldehydes is 2. The number of carbonyl (C=O) groups excluding carboxylic acids is 2. The van der Waals surface area contributed by atoms with Crippen LogP contribution >= 0.6 is 0 Å². The molecule has 1 aromatic rings. The number of rotatable bonds is 14. The Kier molecular flexibility index (Phi) is 10.4. The van der Waals surface area contributed by atoms with E-state index in [1.54, 1.807) is 0 Å². The molecule has 0 aliphatic heterocycles. The zero-order valence-corrected chi connectivity index (χ0v) is 16.4. The molecular formula is C20H29O5S-. The molecule has 0 N–H and O–H groups in total. The van der Waals surface area contributed by atoms with Crippen molar-refractivity contribution in [1.29, 1.82) is 0 Å². The van der Waals surface area contributed by atoms with Gasteiger partial charge in [-0.05, 0) is 30.5 Å². The third-order valence-electron chi connectivity index (χ3n) is 4.62. The summed E-state index contributed by atoms with van der Waals surface area (Å²) in [5.74, 6) is 0. The minimum Gasteiger partial charge on any atom is -0.744 e. The van der Waals surface area contributed by atoms with E-state index in [1.807, 2.05) is 0 Å². The Morgan fingerprint density at radius 2 is 1.23 bits per heavy atom. The minimum atomic E-state index is -4.70. The van der Waals surface area contributed by atoms with Gasteiger partial charge < -0.3 is 4.55 Å². The van der Waals surface area contributed by atoms with Crippen molar-refractivity contribution in [3.05, 3.63) is 28.8 Å². The van der Waals surface area contributed by atoms with Gasteiger partial charge in [0.1, 0.15) is 22.7 Å².